The smallest absolute Gasteiger partial charge is 0.326 e. The molecule has 0 spiro atoms. The van der Waals surface area contributed by atoms with Gasteiger partial charge in [-0.15, -0.1) is 0 Å². The predicted molar refractivity (Wildman–Crippen MR) is 94.2 cm³/mol. The normalized spacial score (nSPS) is 27.2. The van der Waals surface area contributed by atoms with Crippen LogP contribution >= 0.6 is 0 Å². The molecule has 0 bridgehead atoms. The van der Waals surface area contributed by atoms with Crippen LogP contribution in [0.1, 0.15) is 56.0 Å². The van der Waals surface area contributed by atoms with Gasteiger partial charge in [-0.3, -0.25) is 9.48 Å². The number of carbonyl (C=O) groups is 2. The standard InChI is InChI=1S/C19H29N3O3/c1-11(9-15-12(2)20-21(4)13(15)3)18(23)22-16-8-6-5-7-14(16)10-17(22)19(24)25/h11,14,16-17H,5-10H2,1-4H3,(H,24,25)/t11-,14-,16+,17-/m0/s1. The Morgan fingerprint density at radius 1 is 1.28 bits per heavy atom. The summed E-state index contributed by atoms with van der Waals surface area (Å²) in [6.45, 7) is 5.90. The first kappa shape index (κ1) is 18.0. The second-order valence-corrected chi connectivity index (χ2v) is 7.83. The molecule has 25 heavy (non-hydrogen) atoms. The largest absolute Gasteiger partial charge is 0.480 e. The summed E-state index contributed by atoms with van der Waals surface area (Å²) < 4.78 is 1.84. The first-order chi connectivity index (χ1) is 11.8. The van der Waals surface area contributed by atoms with Crippen molar-refractivity contribution in [2.75, 3.05) is 0 Å². The van der Waals surface area contributed by atoms with Gasteiger partial charge in [-0.2, -0.15) is 5.10 Å². The van der Waals surface area contributed by atoms with Gasteiger partial charge in [0, 0.05) is 24.7 Å². The first-order valence-electron chi connectivity index (χ1n) is 9.35. The molecule has 0 unspecified atom stereocenters. The lowest BCUT2D eigenvalue weighted by Gasteiger charge is -2.34. The molecular weight excluding hydrogens is 318 g/mol. The zero-order valence-electron chi connectivity index (χ0n) is 15.7. The van der Waals surface area contributed by atoms with Gasteiger partial charge in [0.25, 0.3) is 0 Å². The Morgan fingerprint density at radius 3 is 2.56 bits per heavy atom. The molecule has 1 saturated heterocycles. The number of hydrogen-bond acceptors (Lipinski definition) is 3. The van der Waals surface area contributed by atoms with Crippen LogP contribution in [-0.2, 0) is 23.1 Å². The maximum absolute atomic E-state index is 13.2. The highest BCUT2D eigenvalue weighted by Crippen LogP contribution is 2.40. The molecule has 1 saturated carbocycles. The van der Waals surface area contributed by atoms with Crippen molar-refractivity contribution in [2.45, 2.75) is 71.4 Å². The summed E-state index contributed by atoms with van der Waals surface area (Å²) in [5.41, 5.74) is 3.13. The van der Waals surface area contributed by atoms with E-state index in [0.29, 0.717) is 18.8 Å². The Kier molecular flexibility index (Phi) is 4.89. The maximum atomic E-state index is 13.2. The molecule has 0 aromatic carbocycles. The van der Waals surface area contributed by atoms with E-state index in [1.165, 1.54) is 0 Å². The second kappa shape index (κ2) is 6.81. The van der Waals surface area contributed by atoms with E-state index < -0.39 is 12.0 Å². The van der Waals surface area contributed by atoms with Crippen LogP contribution in [0.25, 0.3) is 0 Å². The van der Waals surface area contributed by atoms with E-state index in [9.17, 15) is 14.7 Å². The highest BCUT2D eigenvalue weighted by Gasteiger charge is 2.48. The first-order valence-corrected chi connectivity index (χ1v) is 9.35. The van der Waals surface area contributed by atoms with Crippen LogP contribution < -0.4 is 0 Å². The number of aromatic nitrogens is 2. The van der Waals surface area contributed by atoms with E-state index in [-0.39, 0.29) is 17.9 Å². The van der Waals surface area contributed by atoms with Crippen LogP contribution in [0.3, 0.4) is 0 Å². The lowest BCUT2D eigenvalue weighted by molar-refractivity contribution is -0.151. The number of aryl methyl sites for hydroxylation is 2. The van der Waals surface area contributed by atoms with Crippen LogP contribution in [0.5, 0.6) is 0 Å². The molecule has 3 rings (SSSR count). The van der Waals surface area contributed by atoms with Gasteiger partial charge in [0.1, 0.15) is 6.04 Å². The Labute approximate surface area is 149 Å². The van der Waals surface area contributed by atoms with Crippen LogP contribution in [-0.4, -0.2) is 43.7 Å². The highest BCUT2D eigenvalue weighted by molar-refractivity contribution is 5.86. The zero-order valence-corrected chi connectivity index (χ0v) is 15.7. The summed E-state index contributed by atoms with van der Waals surface area (Å²) in [4.78, 5) is 26.6. The third-order valence-electron chi connectivity index (χ3n) is 6.22. The van der Waals surface area contributed by atoms with E-state index in [0.717, 1.165) is 42.6 Å². The molecule has 1 aliphatic carbocycles. The molecule has 1 N–H and O–H groups in total. The monoisotopic (exact) mass is 347 g/mol. The molecule has 1 amide bonds. The van der Waals surface area contributed by atoms with Crippen molar-refractivity contribution in [2.24, 2.45) is 18.9 Å². The zero-order chi connectivity index (χ0) is 18.3. The molecule has 2 fully saturated rings. The molecule has 0 radical (unpaired) electrons. The molecule has 2 heterocycles. The quantitative estimate of drug-likeness (QED) is 0.908. The minimum absolute atomic E-state index is 0.00977. The van der Waals surface area contributed by atoms with Crippen LogP contribution in [0, 0.1) is 25.7 Å². The number of nitrogens with zero attached hydrogens (tertiary/aromatic N) is 3. The van der Waals surface area contributed by atoms with Crippen LogP contribution in [0.2, 0.25) is 0 Å². The number of hydrogen-bond donors (Lipinski definition) is 1. The number of carbonyl (C=O) groups excluding carboxylic acids is 1. The van der Waals surface area contributed by atoms with Gasteiger partial charge in [0.05, 0.1) is 5.69 Å². The Bertz CT molecular complexity index is 682. The van der Waals surface area contributed by atoms with Gasteiger partial charge in [0.15, 0.2) is 0 Å². The van der Waals surface area contributed by atoms with Crippen molar-refractivity contribution in [3.63, 3.8) is 0 Å². The molecule has 4 atom stereocenters. The number of carboxylic acids is 1. The molecule has 1 aliphatic heterocycles. The van der Waals surface area contributed by atoms with Crippen molar-refractivity contribution in [3.8, 4) is 0 Å². The van der Waals surface area contributed by atoms with Gasteiger partial charge in [-0.1, -0.05) is 19.8 Å². The summed E-state index contributed by atoms with van der Waals surface area (Å²) in [5.74, 6) is -0.745. The van der Waals surface area contributed by atoms with Crippen LogP contribution in [0.15, 0.2) is 0 Å². The van der Waals surface area contributed by atoms with Crippen molar-refractivity contribution >= 4 is 11.9 Å². The summed E-state index contributed by atoms with van der Waals surface area (Å²) in [7, 11) is 1.91. The number of likely N-dealkylation sites (tertiary alicyclic amines) is 1. The molecular formula is C19H29N3O3. The predicted octanol–water partition coefficient (Wildman–Crippen LogP) is 2.46. The van der Waals surface area contributed by atoms with E-state index in [1.807, 2.05) is 32.5 Å². The Balaban J connectivity index is 1.80. The Hall–Kier alpha value is -1.85. The molecule has 6 heteroatoms. The van der Waals surface area contributed by atoms with Gasteiger partial charge < -0.3 is 10.0 Å². The molecule has 138 valence electrons. The van der Waals surface area contributed by atoms with Gasteiger partial charge in [-0.25, -0.2) is 4.79 Å². The summed E-state index contributed by atoms with van der Waals surface area (Å²) in [5, 5.41) is 14.1. The third kappa shape index (κ3) is 3.18. The topological polar surface area (TPSA) is 75.4 Å². The highest BCUT2D eigenvalue weighted by atomic mass is 16.4. The van der Waals surface area contributed by atoms with Crippen molar-refractivity contribution in [3.05, 3.63) is 17.0 Å². The molecule has 1 aromatic rings. The number of fused-ring (bicyclic) bond motifs is 1. The number of rotatable bonds is 4. The van der Waals surface area contributed by atoms with E-state index in [4.69, 9.17) is 0 Å². The fourth-order valence-electron chi connectivity index (χ4n) is 4.76. The molecule has 6 nitrogen and oxygen atoms in total. The summed E-state index contributed by atoms with van der Waals surface area (Å²) in [6.07, 6.45) is 5.46. The summed E-state index contributed by atoms with van der Waals surface area (Å²) >= 11 is 0. The van der Waals surface area contributed by atoms with E-state index in [1.54, 1.807) is 4.90 Å². The molecule has 2 aliphatic rings. The van der Waals surface area contributed by atoms with Crippen molar-refractivity contribution in [1.82, 2.24) is 14.7 Å². The minimum atomic E-state index is -0.858. The Morgan fingerprint density at radius 2 is 1.96 bits per heavy atom. The lowest BCUT2D eigenvalue weighted by Crippen LogP contribution is -2.48. The van der Waals surface area contributed by atoms with Gasteiger partial charge in [0.2, 0.25) is 5.91 Å². The SMILES string of the molecule is Cc1nn(C)c(C)c1C[C@H](C)C(=O)N1[C@@H]2CCCC[C@H]2C[C@H]1C(=O)O. The number of carboxylic acid groups (broad SMARTS) is 1. The third-order valence-corrected chi connectivity index (χ3v) is 6.22. The average molecular weight is 347 g/mol. The maximum Gasteiger partial charge on any atom is 0.326 e. The minimum Gasteiger partial charge on any atom is -0.480 e. The molecule has 1 aromatic heterocycles. The van der Waals surface area contributed by atoms with Crippen molar-refractivity contribution in [1.29, 1.82) is 0 Å². The van der Waals surface area contributed by atoms with Gasteiger partial charge >= 0.3 is 5.97 Å². The summed E-state index contributed by atoms with van der Waals surface area (Å²) in [6, 6.07) is -0.542. The van der Waals surface area contributed by atoms with Crippen molar-refractivity contribution < 1.29 is 14.7 Å². The van der Waals surface area contributed by atoms with E-state index >= 15 is 0 Å². The average Bonchev–Trinajstić information content (AvgIpc) is 3.07. The second-order valence-electron chi connectivity index (χ2n) is 7.83. The number of aliphatic carboxylic acids is 1. The number of amides is 1. The fraction of sp³-hybridized carbons (Fsp3) is 0.737. The lowest BCUT2D eigenvalue weighted by atomic mass is 9.84. The fourth-order valence-corrected chi connectivity index (χ4v) is 4.76. The van der Waals surface area contributed by atoms with E-state index in [2.05, 4.69) is 5.10 Å². The van der Waals surface area contributed by atoms with Gasteiger partial charge in [-0.05, 0) is 51.0 Å². The van der Waals surface area contributed by atoms with Crippen LogP contribution in [0.4, 0.5) is 0 Å².